The highest BCUT2D eigenvalue weighted by atomic mass is 32.2. The van der Waals surface area contributed by atoms with Gasteiger partial charge < -0.3 is 10.1 Å². The standard InChI is InChI=1S/C23H32N2O3S/c1-23(2,3)29(26,27)25-19-14-12-18(13-15-19)17-24-20-8-7-11-22(16-20)28-21-9-5-4-6-10-21/h4-11,16,18-19,24-25H,12-15,17H2,1-3H3/t18-,19-. The topological polar surface area (TPSA) is 67.4 Å². The van der Waals surface area contributed by atoms with Crippen LogP contribution in [0.2, 0.25) is 0 Å². The lowest BCUT2D eigenvalue weighted by Gasteiger charge is -2.31. The molecule has 1 saturated carbocycles. The van der Waals surface area contributed by atoms with Crippen LogP contribution >= 0.6 is 0 Å². The maximum absolute atomic E-state index is 12.3. The van der Waals surface area contributed by atoms with Gasteiger partial charge >= 0.3 is 0 Å². The largest absolute Gasteiger partial charge is 0.457 e. The van der Waals surface area contributed by atoms with E-state index < -0.39 is 14.8 Å². The van der Waals surface area contributed by atoms with E-state index in [0.29, 0.717) is 5.92 Å². The summed E-state index contributed by atoms with van der Waals surface area (Å²) >= 11 is 0. The molecule has 158 valence electrons. The Morgan fingerprint density at radius 1 is 0.931 bits per heavy atom. The van der Waals surface area contributed by atoms with Crippen LogP contribution in [-0.4, -0.2) is 25.8 Å². The van der Waals surface area contributed by atoms with E-state index in [0.717, 1.165) is 49.4 Å². The fraction of sp³-hybridized carbons (Fsp3) is 0.478. The lowest BCUT2D eigenvalue weighted by molar-refractivity contribution is 0.322. The summed E-state index contributed by atoms with van der Waals surface area (Å²) in [6, 6.07) is 17.8. The quantitative estimate of drug-likeness (QED) is 0.654. The number of anilines is 1. The molecule has 0 radical (unpaired) electrons. The van der Waals surface area contributed by atoms with Crippen LogP contribution in [-0.2, 0) is 10.0 Å². The Morgan fingerprint density at radius 3 is 2.24 bits per heavy atom. The third kappa shape index (κ3) is 6.21. The number of sulfonamides is 1. The number of ether oxygens (including phenoxy) is 1. The number of hydrogen-bond donors (Lipinski definition) is 2. The molecular weight excluding hydrogens is 384 g/mol. The van der Waals surface area contributed by atoms with Gasteiger partial charge in [0.1, 0.15) is 11.5 Å². The van der Waals surface area contributed by atoms with Crippen molar-refractivity contribution in [3.05, 3.63) is 54.6 Å². The molecule has 0 spiro atoms. The molecule has 5 nitrogen and oxygen atoms in total. The van der Waals surface area contributed by atoms with Crippen LogP contribution < -0.4 is 14.8 Å². The second-order valence-corrected chi connectivity index (χ2v) is 11.2. The molecule has 3 rings (SSSR count). The lowest BCUT2D eigenvalue weighted by Crippen LogP contribution is -2.46. The van der Waals surface area contributed by atoms with Crippen molar-refractivity contribution in [1.82, 2.24) is 4.72 Å². The molecule has 0 saturated heterocycles. The zero-order chi connectivity index (χ0) is 20.9. The Labute approximate surface area is 174 Å². The van der Waals surface area contributed by atoms with Crippen LogP contribution in [0.4, 0.5) is 5.69 Å². The van der Waals surface area contributed by atoms with Crippen molar-refractivity contribution in [1.29, 1.82) is 0 Å². The van der Waals surface area contributed by atoms with E-state index in [1.165, 1.54) is 0 Å². The maximum atomic E-state index is 12.3. The van der Waals surface area contributed by atoms with Crippen molar-refractivity contribution < 1.29 is 13.2 Å². The van der Waals surface area contributed by atoms with Crippen LogP contribution in [0.3, 0.4) is 0 Å². The van der Waals surface area contributed by atoms with Crippen LogP contribution in [0.25, 0.3) is 0 Å². The summed E-state index contributed by atoms with van der Waals surface area (Å²) in [5, 5.41) is 3.51. The molecule has 0 atom stereocenters. The average molecular weight is 417 g/mol. The highest BCUT2D eigenvalue weighted by Gasteiger charge is 2.32. The van der Waals surface area contributed by atoms with Crippen molar-refractivity contribution in [2.45, 2.75) is 57.2 Å². The van der Waals surface area contributed by atoms with Gasteiger partial charge in [0.2, 0.25) is 10.0 Å². The monoisotopic (exact) mass is 416 g/mol. The minimum atomic E-state index is -3.28. The molecule has 1 aliphatic rings. The van der Waals surface area contributed by atoms with Crippen molar-refractivity contribution in [3.63, 3.8) is 0 Å². The van der Waals surface area contributed by atoms with Gasteiger partial charge in [-0.05, 0) is 76.6 Å². The first kappa shape index (κ1) is 21.7. The zero-order valence-electron chi connectivity index (χ0n) is 17.5. The zero-order valence-corrected chi connectivity index (χ0v) is 18.3. The van der Waals surface area contributed by atoms with E-state index >= 15 is 0 Å². The van der Waals surface area contributed by atoms with E-state index in [-0.39, 0.29) is 6.04 Å². The first-order chi connectivity index (χ1) is 13.7. The summed E-state index contributed by atoms with van der Waals surface area (Å²) in [7, 11) is -3.28. The van der Waals surface area contributed by atoms with Gasteiger partial charge in [-0.1, -0.05) is 24.3 Å². The predicted molar refractivity (Wildman–Crippen MR) is 119 cm³/mol. The molecule has 2 aromatic rings. The van der Waals surface area contributed by atoms with Crippen molar-refractivity contribution in [3.8, 4) is 11.5 Å². The summed E-state index contributed by atoms with van der Waals surface area (Å²) in [5.41, 5.74) is 1.04. The molecule has 2 N–H and O–H groups in total. The lowest BCUT2D eigenvalue weighted by atomic mass is 9.86. The molecular formula is C23H32N2O3S. The van der Waals surface area contributed by atoms with Gasteiger partial charge in [-0.25, -0.2) is 13.1 Å². The van der Waals surface area contributed by atoms with Crippen molar-refractivity contribution in [2.75, 3.05) is 11.9 Å². The number of rotatable bonds is 7. The molecule has 6 heteroatoms. The molecule has 2 aromatic carbocycles. The van der Waals surface area contributed by atoms with Crippen molar-refractivity contribution >= 4 is 15.7 Å². The first-order valence-electron chi connectivity index (χ1n) is 10.3. The fourth-order valence-electron chi connectivity index (χ4n) is 3.44. The van der Waals surface area contributed by atoms with E-state index in [1.54, 1.807) is 20.8 Å². The van der Waals surface area contributed by atoms with Gasteiger partial charge in [0.05, 0.1) is 4.75 Å². The van der Waals surface area contributed by atoms with Crippen LogP contribution in [0.5, 0.6) is 11.5 Å². The van der Waals surface area contributed by atoms with Gasteiger partial charge in [0.15, 0.2) is 0 Å². The molecule has 0 aromatic heterocycles. The number of nitrogens with one attached hydrogen (secondary N) is 2. The molecule has 1 fully saturated rings. The van der Waals surface area contributed by atoms with Crippen molar-refractivity contribution in [2.24, 2.45) is 5.92 Å². The summed E-state index contributed by atoms with van der Waals surface area (Å²) in [5.74, 6) is 2.17. The Morgan fingerprint density at radius 2 is 1.59 bits per heavy atom. The summed E-state index contributed by atoms with van der Waals surface area (Å²) in [6.45, 7) is 6.09. The average Bonchev–Trinajstić information content (AvgIpc) is 2.67. The Bertz CT molecular complexity index is 884. The second kappa shape index (κ2) is 9.18. The summed E-state index contributed by atoms with van der Waals surface area (Å²) < 4.78 is 32.7. The molecule has 0 unspecified atom stereocenters. The van der Waals surface area contributed by atoms with Gasteiger partial charge in [0.25, 0.3) is 0 Å². The molecule has 0 heterocycles. The Kier molecular flexibility index (Phi) is 6.85. The SMILES string of the molecule is CC(C)(C)S(=O)(=O)N[C@H]1CC[C@H](CNc2cccc(Oc3ccccc3)c2)CC1. The molecule has 0 bridgehead atoms. The minimum absolute atomic E-state index is 0.0538. The number of benzene rings is 2. The van der Waals surface area contributed by atoms with Gasteiger partial charge in [-0.3, -0.25) is 0 Å². The fourth-order valence-corrected chi connectivity index (χ4v) is 4.47. The summed E-state index contributed by atoms with van der Waals surface area (Å²) in [6.07, 6.45) is 3.81. The number of hydrogen-bond acceptors (Lipinski definition) is 4. The normalized spacial score (nSPS) is 20.2. The third-order valence-corrected chi connectivity index (χ3v) is 7.64. The molecule has 1 aliphatic carbocycles. The minimum Gasteiger partial charge on any atom is -0.457 e. The van der Waals surface area contributed by atoms with Crippen LogP contribution in [0, 0.1) is 5.92 Å². The first-order valence-corrected chi connectivity index (χ1v) is 11.8. The Hall–Kier alpha value is -2.05. The Balaban J connectivity index is 1.47. The third-order valence-electron chi connectivity index (χ3n) is 5.38. The van der Waals surface area contributed by atoms with E-state index in [2.05, 4.69) is 10.0 Å². The van der Waals surface area contributed by atoms with E-state index in [9.17, 15) is 8.42 Å². The molecule has 0 aliphatic heterocycles. The van der Waals surface area contributed by atoms with E-state index in [4.69, 9.17) is 4.74 Å². The molecule has 29 heavy (non-hydrogen) atoms. The van der Waals surface area contributed by atoms with Crippen LogP contribution in [0.1, 0.15) is 46.5 Å². The van der Waals surface area contributed by atoms with Gasteiger partial charge in [-0.2, -0.15) is 0 Å². The second-order valence-electron chi connectivity index (χ2n) is 8.78. The van der Waals surface area contributed by atoms with Gasteiger partial charge in [-0.15, -0.1) is 0 Å². The smallest absolute Gasteiger partial charge is 0.216 e. The highest BCUT2D eigenvalue weighted by Crippen LogP contribution is 2.28. The molecule has 0 amide bonds. The predicted octanol–water partition coefficient (Wildman–Crippen LogP) is 5.17. The van der Waals surface area contributed by atoms with E-state index in [1.807, 2.05) is 54.6 Å². The van der Waals surface area contributed by atoms with Crippen LogP contribution in [0.15, 0.2) is 54.6 Å². The van der Waals surface area contributed by atoms with Gasteiger partial charge in [0, 0.05) is 24.3 Å². The highest BCUT2D eigenvalue weighted by molar-refractivity contribution is 7.90. The summed E-state index contributed by atoms with van der Waals surface area (Å²) in [4.78, 5) is 0. The number of para-hydroxylation sites is 1. The maximum Gasteiger partial charge on any atom is 0.216 e.